The highest BCUT2D eigenvalue weighted by atomic mass is 14.8. The van der Waals surface area contributed by atoms with Crippen LogP contribution >= 0.6 is 0 Å². The molecular formula is C24H22N4. The predicted molar refractivity (Wildman–Crippen MR) is 112 cm³/mol. The summed E-state index contributed by atoms with van der Waals surface area (Å²) in [6.07, 6.45) is 1.66. The molecule has 0 unspecified atom stereocenters. The SMILES string of the molecule is Cc1cccc(-c2cccc(CCc3cccc(-c4cccc(C)n4)n3)n2)n1. The maximum absolute atomic E-state index is 4.79. The van der Waals surface area contributed by atoms with Crippen molar-refractivity contribution < 1.29 is 0 Å². The second kappa shape index (κ2) is 8.09. The lowest BCUT2D eigenvalue weighted by atomic mass is 10.1. The Kier molecular flexibility index (Phi) is 5.20. The van der Waals surface area contributed by atoms with Crippen molar-refractivity contribution in [3.05, 3.63) is 95.6 Å². The number of pyridine rings is 4. The van der Waals surface area contributed by atoms with E-state index in [0.29, 0.717) is 0 Å². The monoisotopic (exact) mass is 366 g/mol. The minimum absolute atomic E-state index is 0.831. The third-order valence-electron chi connectivity index (χ3n) is 4.55. The Labute approximate surface area is 165 Å². The molecule has 0 radical (unpaired) electrons. The van der Waals surface area contributed by atoms with Gasteiger partial charge in [-0.05, 0) is 75.2 Å². The van der Waals surface area contributed by atoms with Gasteiger partial charge in [0.05, 0.1) is 22.8 Å². The zero-order chi connectivity index (χ0) is 19.3. The van der Waals surface area contributed by atoms with Crippen molar-refractivity contribution in [3.63, 3.8) is 0 Å². The van der Waals surface area contributed by atoms with Gasteiger partial charge in [0, 0.05) is 22.8 Å². The predicted octanol–water partition coefficient (Wildman–Crippen LogP) is 5.00. The molecule has 4 heteroatoms. The van der Waals surface area contributed by atoms with Gasteiger partial charge in [-0.15, -0.1) is 0 Å². The molecular weight excluding hydrogens is 344 g/mol. The number of aryl methyl sites for hydroxylation is 4. The summed E-state index contributed by atoms with van der Waals surface area (Å²) in [5, 5.41) is 0. The number of rotatable bonds is 5. The highest BCUT2D eigenvalue weighted by Crippen LogP contribution is 2.18. The van der Waals surface area contributed by atoms with Gasteiger partial charge < -0.3 is 0 Å². The van der Waals surface area contributed by atoms with Crippen LogP contribution < -0.4 is 0 Å². The summed E-state index contributed by atoms with van der Waals surface area (Å²) >= 11 is 0. The van der Waals surface area contributed by atoms with Crippen molar-refractivity contribution in [2.24, 2.45) is 0 Å². The van der Waals surface area contributed by atoms with Gasteiger partial charge in [-0.2, -0.15) is 0 Å². The zero-order valence-electron chi connectivity index (χ0n) is 16.1. The van der Waals surface area contributed by atoms with Crippen molar-refractivity contribution in [1.82, 2.24) is 19.9 Å². The van der Waals surface area contributed by atoms with E-state index >= 15 is 0 Å². The van der Waals surface area contributed by atoms with Gasteiger partial charge in [0.15, 0.2) is 0 Å². The van der Waals surface area contributed by atoms with Gasteiger partial charge in [0.2, 0.25) is 0 Å². The van der Waals surface area contributed by atoms with E-state index in [4.69, 9.17) is 9.97 Å². The largest absolute Gasteiger partial charge is 0.251 e. The van der Waals surface area contributed by atoms with E-state index in [9.17, 15) is 0 Å². The summed E-state index contributed by atoms with van der Waals surface area (Å²) in [5.74, 6) is 0. The molecule has 0 aliphatic rings. The molecule has 4 aromatic heterocycles. The summed E-state index contributed by atoms with van der Waals surface area (Å²) in [7, 11) is 0. The highest BCUT2D eigenvalue weighted by molar-refractivity contribution is 5.55. The molecule has 0 amide bonds. The van der Waals surface area contributed by atoms with Crippen LogP contribution in [0.1, 0.15) is 22.8 Å². The first kappa shape index (κ1) is 18.0. The maximum Gasteiger partial charge on any atom is 0.0889 e. The van der Waals surface area contributed by atoms with Crippen LogP contribution in [0.5, 0.6) is 0 Å². The Morgan fingerprint density at radius 3 is 1.21 bits per heavy atom. The first-order valence-corrected chi connectivity index (χ1v) is 9.47. The Hall–Kier alpha value is -3.40. The summed E-state index contributed by atoms with van der Waals surface area (Å²) in [6.45, 7) is 3.99. The van der Waals surface area contributed by atoms with Crippen LogP contribution in [-0.4, -0.2) is 19.9 Å². The van der Waals surface area contributed by atoms with E-state index in [1.807, 2.05) is 74.5 Å². The molecule has 0 atom stereocenters. The van der Waals surface area contributed by atoms with Gasteiger partial charge in [0.1, 0.15) is 0 Å². The molecule has 4 rings (SSSR count). The summed E-state index contributed by atoms with van der Waals surface area (Å²) in [4.78, 5) is 18.7. The second-order valence-corrected chi connectivity index (χ2v) is 6.86. The molecule has 0 fully saturated rings. The van der Waals surface area contributed by atoms with Gasteiger partial charge in [-0.25, -0.2) is 0 Å². The van der Waals surface area contributed by atoms with Crippen LogP contribution in [0.25, 0.3) is 22.8 Å². The van der Waals surface area contributed by atoms with E-state index in [0.717, 1.165) is 58.4 Å². The number of hydrogen-bond acceptors (Lipinski definition) is 4. The van der Waals surface area contributed by atoms with E-state index in [-0.39, 0.29) is 0 Å². The molecule has 0 saturated heterocycles. The van der Waals surface area contributed by atoms with Crippen molar-refractivity contribution in [2.45, 2.75) is 26.7 Å². The van der Waals surface area contributed by atoms with Gasteiger partial charge >= 0.3 is 0 Å². The highest BCUT2D eigenvalue weighted by Gasteiger charge is 2.06. The molecule has 0 spiro atoms. The van der Waals surface area contributed by atoms with Crippen molar-refractivity contribution in [3.8, 4) is 22.8 Å². The van der Waals surface area contributed by atoms with E-state index in [1.165, 1.54) is 0 Å². The van der Waals surface area contributed by atoms with Gasteiger partial charge in [0.25, 0.3) is 0 Å². The normalized spacial score (nSPS) is 10.8. The third-order valence-corrected chi connectivity index (χ3v) is 4.55. The molecule has 0 bridgehead atoms. The summed E-state index contributed by atoms with van der Waals surface area (Å²) in [5.41, 5.74) is 7.72. The topological polar surface area (TPSA) is 51.6 Å². The molecule has 0 saturated carbocycles. The van der Waals surface area contributed by atoms with Crippen molar-refractivity contribution >= 4 is 0 Å². The van der Waals surface area contributed by atoms with Crippen molar-refractivity contribution in [2.75, 3.05) is 0 Å². The lowest BCUT2D eigenvalue weighted by Gasteiger charge is -2.07. The average Bonchev–Trinajstić information content (AvgIpc) is 2.73. The molecule has 28 heavy (non-hydrogen) atoms. The van der Waals surface area contributed by atoms with Crippen LogP contribution in [-0.2, 0) is 12.8 Å². The molecule has 0 aliphatic carbocycles. The summed E-state index contributed by atoms with van der Waals surface area (Å²) < 4.78 is 0. The Morgan fingerprint density at radius 1 is 0.464 bits per heavy atom. The Bertz CT molecular complexity index is 1020. The number of aromatic nitrogens is 4. The number of hydrogen-bond donors (Lipinski definition) is 0. The minimum atomic E-state index is 0.831. The van der Waals surface area contributed by atoms with Crippen LogP contribution in [0.15, 0.2) is 72.8 Å². The average molecular weight is 366 g/mol. The summed E-state index contributed by atoms with van der Waals surface area (Å²) in [6, 6.07) is 24.2. The fourth-order valence-corrected chi connectivity index (χ4v) is 3.15. The Balaban J connectivity index is 1.51. The fraction of sp³-hybridized carbons (Fsp3) is 0.167. The molecule has 0 aliphatic heterocycles. The first-order valence-electron chi connectivity index (χ1n) is 9.47. The molecule has 4 nitrogen and oxygen atoms in total. The van der Waals surface area contributed by atoms with Crippen molar-refractivity contribution in [1.29, 1.82) is 0 Å². The second-order valence-electron chi connectivity index (χ2n) is 6.86. The third kappa shape index (κ3) is 4.29. The molecule has 4 heterocycles. The quantitative estimate of drug-likeness (QED) is 0.499. The first-order chi connectivity index (χ1) is 13.7. The molecule has 138 valence electrons. The minimum Gasteiger partial charge on any atom is -0.251 e. The van der Waals surface area contributed by atoms with E-state index < -0.39 is 0 Å². The Morgan fingerprint density at radius 2 is 0.821 bits per heavy atom. The fourth-order valence-electron chi connectivity index (χ4n) is 3.15. The van der Waals surface area contributed by atoms with Crippen LogP contribution in [0.4, 0.5) is 0 Å². The van der Waals surface area contributed by atoms with Crippen LogP contribution in [0, 0.1) is 13.8 Å². The van der Waals surface area contributed by atoms with Crippen LogP contribution in [0.3, 0.4) is 0 Å². The smallest absolute Gasteiger partial charge is 0.0889 e. The molecule has 0 aromatic carbocycles. The lowest BCUT2D eigenvalue weighted by molar-refractivity contribution is 0.881. The van der Waals surface area contributed by atoms with E-state index in [1.54, 1.807) is 0 Å². The standard InChI is InChI=1S/C24H22N4/c1-17-7-3-11-21(25-17)23-13-5-9-19(27-23)15-16-20-10-6-14-24(28-20)22-12-4-8-18(2)26-22/h3-14H,15-16H2,1-2H3. The van der Waals surface area contributed by atoms with Gasteiger partial charge in [-0.1, -0.05) is 24.3 Å². The number of nitrogens with zero attached hydrogens (tertiary/aromatic N) is 4. The molecule has 4 aromatic rings. The van der Waals surface area contributed by atoms with Crippen LogP contribution in [0.2, 0.25) is 0 Å². The maximum atomic E-state index is 4.79. The lowest BCUT2D eigenvalue weighted by Crippen LogP contribution is -1.99. The zero-order valence-corrected chi connectivity index (χ0v) is 16.1. The molecule has 0 N–H and O–H groups in total. The van der Waals surface area contributed by atoms with Gasteiger partial charge in [-0.3, -0.25) is 19.9 Å². The van der Waals surface area contributed by atoms with E-state index in [2.05, 4.69) is 22.1 Å².